The Balaban J connectivity index is 1.57. The van der Waals surface area contributed by atoms with Crippen molar-refractivity contribution in [2.24, 2.45) is 5.92 Å². The lowest BCUT2D eigenvalue weighted by Crippen LogP contribution is -2.41. The molecule has 1 aliphatic rings. The van der Waals surface area contributed by atoms with Gasteiger partial charge in [-0.3, -0.25) is 9.59 Å². The summed E-state index contributed by atoms with van der Waals surface area (Å²) in [7, 11) is 0. The molecular weight excluding hydrogens is 338 g/mol. The summed E-state index contributed by atoms with van der Waals surface area (Å²) in [5.41, 5.74) is 1.83. The zero-order chi connectivity index (χ0) is 18.7. The molecule has 1 saturated heterocycles. The Labute approximate surface area is 150 Å². The van der Waals surface area contributed by atoms with Gasteiger partial charge in [0, 0.05) is 36.3 Å². The average Bonchev–Trinajstić information content (AvgIpc) is 2.65. The number of carbonyl (C=O) groups excluding carboxylic acids is 2. The third kappa shape index (κ3) is 3.90. The zero-order valence-corrected chi connectivity index (χ0v) is 14.5. The Morgan fingerprint density at radius 1 is 1.04 bits per heavy atom. The Bertz CT molecular complexity index is 830. The van der Waals surface area contributed by atoms with Crippen LogP contribution in [0.3, 0.4) is 0 Å². The quantitative estimate of drug-likeness (QED) is 0.908. The summed E-state index contributed by atoms with van der Waals surface area (Å²) in [5, 5.41) is 2.62. The van der Waals surface area contributed by atoms with E-state index >= 15 is 0 Å². The summed E-state index contributed by atoms with van der Waals surface area (Å²) in [6.07, 6.45) is 1.07. The number of amides is 2. The van der Waals surface area contributed by atoms with E-state index in [-0.39, 0.29) is 23.4 Å². The first kappa shape index (κ1) is 18.0. The highest BCUT2D eigenvalue weighted by atomic mass is 19.2. The Kier molecular flexibility index (Phi) is 5.30. The molecule has 0 bridgehead atoms. The van der Waals surface area contributed by atoms with E-state index in [1.165, 1.54) is 6.07 Å². The molecule has 2 aromatic rings. The molecule has 1 fully saturated rings. The fraction of sp³-hybridized carbons (Fsp3) is 0.300. The van der Waals surface area contributed by atoms with Gasteiger partial charge in [0.05, 0.1) is 0 Å². The van der Waals surface area contributed by atoms with Gasteiger partial charge in [0.1, 0.15) is 0 Å². The van der Waals surface area contributed by atoms with Crippen molar-refractivity contribution in [1.29, 1.82) is 0 Å². The van der Waals surface area contributed by atoms with Crippen LogP contribution in [0.15, 0.2) is 42.5 Å². The SMILES string of the molecule is Cc1ccccc1C(=O)N1CCC(C(=O)Nc2ccc(F)c(F)c2)CC1. The molecule has 1 heterocycles. The number of halogens is 2. The van der Waals surface area contributed by atoms with Crippen LogP contribution in [0.4, 0.5) is 14.5 Å². The van der Waals surface area contributed by atoms with E-state index in [0.717, 1.165) is 17.7 Å². The van der Waals surface area contributed by atoms with Crippen LogP contribution >= 0.6 is 0 Å². The molecule has 0 unspecified atom stereocenters. The van der Waals surface area contributed by atoms with E-state index in [1.807, 2.05) is 25.1 Å². The van der Waals surface area contributed by atoms with Gasteiger partial charge in [-0.2, -0.15) is 0 Å². The van der Waals surface area contributed by atoms with Gasteiger partial charge in [-0.1, -0.05) is 18.2 Å². The molecule has 0 aromatic heterocycles. The molecule has 26 heavy (non-hydrogen) atoms. The number of hydrogen-bond donors (Lipinski definition) is 1. The van der Waals surface area contributed by atoms with E-state index in [1.54, 1.807) is 11.0 Å². The minimum atomic E-state index is -0.999. The molecule has 2 aromatic carbocycles. The molecular formula is C20H20F2N2O2. The second-order valence-electron chi connectivity index (χ2n) is 6.50. The van der Waals surface area contributed by atoms with Crippen LogP contribution in [0.1, 0.15) is 28.8 Å². The predicted octanol–water partition coefficient (Wildman–Crippen LogP) is 3.76. The number of piperidine rings is 1. The van der Waals surface area contributed by atoms with Crippen LogP contribution in [0.5, 0.6) is 0 Å². The molecule has 0 aliphatic carbocycles. The number of aryl methyl sites for hydroxylation is 1. The number of nitrogens with zero attached hydrogens (tertiary/aromatic N) is 1. The van der Waals surface area contributed by atoms with E-state index in [2.05, 4.69) is 5.32 Å². The minimum Gasteiger partial charge on any atom is -0.339 e. The van der Waals surface area contributed by atoms with Gasteiger partial charge in [-0.05, 0) is 43.5 Å². The molecule has 136 valence electrons. The van der Waals surface area contributed by atoms with Crippen LogP contribution in [-0.4, -0.2) is 29.8 Å². The second kappa shape index (κ2) is 7.64. The predicted molar refractivity (Wildman–Crippen MR) is 94.8 cm³/mol. The van der Waals surface area contributed by atoms with Gasteiger partial charge in [0.15, 0.2) is 11.6 Å². The van der Waals surface area contributed by atoms with E-state index in [4.69, 9.17) is 0 Å². The maximum atomic E-state index is 13.2. The highest BCUT2D eigenvalue weighted by Gasteiger charge is 2.28. The first-order chi connectivity index (χ1) is 12.5. The first-order valence-electron chi connectivity index (χ1n) is 8.56. The van der Waals surface area contributed by atoms with Crippen LogP contribution in [0.25, 0.3) is 0 Å². The highest BCUT2D eigenvalue weighted by Crippen LogP contribution is 2.22. The lowest BCUT2D eigenvalue weighted by atomic mass is 9.95. The molecule has 0 spiro atoms. The van der Waals surface area contributed by atoms with E-state index in [9.17, 15) is 18.4 Å². The topological polar surface area (TPSA) is 49.4 Å². The third-order valence-corrected chi connectivity index (χ3v) is 4.72. The van der Waals surface area contributed by atoms with Crippen LogP contribution < -0.4 is 5.32 Å². The Hall–Kier alpha value is -2.76. The number of likely N-dealkylation sites (tertiary alicyclic amines) is 1. The third-order valence-electron chi connectivity index (χ3n) is 4.72. The van der Waals surface area contributed by atoms with Crippen LogP contribution in [0.2, 0.25) is 0 Å². The molecule has 2 amide bonds. The van der Waals surface area contributed by atoms with Gasteiger partial charge >= 0.3 is 0 Å². The minimum absolute atomic E-state index is 0.0254. The lowest BCUT2D eigenvalue weighted by molar-refractivity contribution is -0.121. The summed E-state index contributed by atoms with van der Waals surface area (Å²) < 4.78 is 26.2. The normalized spacial score (nSPS) is 15.0. The number of benzene rings is 2. The van der Waals surface area contributed by atoms with Crippen molar-refractivity contribution in [2.75, 3.05) is 18.4 Å². The number of hydrogen-bond acceptors (Lipinski definition) is 2. The lowest BCUT2D eigenvalue weighted by Gasteiger charge is -2.31. The van der Waals surface area contributed by atoms with Gasteiger partial charge in [-0.15, -0.1) is 0 Å². The summed E-state index contributed by atoms with van der Waals surface area (Å²) in [6.45, 7) is 2.88. The van der Waals surface area contributed by atoms with Crippen LogP contribution in [-0.2, 0) is 4.79 Å². The molecule has 3 rings (SSSR count). The number of nitrogens with one attached hydrogen (secondary N) is 1. The maximum Gasteiger partial charge on any atom is 0.254 e. The summed E-state index contributed by atoms with van der Waals surface area (Å²) in [6, 6.07) is 10.7. The molecule has 1 N–H and O–H groups in total. The zero-order valence-electron chi connectivity index (χ0n) is 14.5. The molecule has 0 saturated carbocycles. The summed E-state index contributed by atoms with van der Waals surface area (Å²) >= 11 is 0. The molecule has 0 radical (unpaired) electrons. The van der Waals surface area contributed by atoms with Gasteiger partial charge in [0.2, 0.25) is 5.91 Å². The van der Waals surface area contributed by atoms with E-state index in [0.29, 0.717) is 31.5 Å². The van der Waals surface area contributed by atoms with Crippen molar-refractivity contribution in [3.63, 3.8) is 0 Å². The van der Waals surface area contributed by atoms with Crippen molar-refractivity contribution in [1.82, 2.24) is 4.90 Å². The molecule has 0 atom stereocenters. The summed E-state index contributed by atoms with van der Waals surface area (Å²) in [5.74, 6) is -2.47. The first-order valence-corrected chi connectivity index (χ1v) is 8.56. The molecule has 4 nitrogen and oxygen atoms in total. The van der Waals surface area contributed by atoms with Gasteiger partial charge in [-0.25, -0.2) is 8.78 Å². The van der Waals surface area contributed by atoms with Crippen molar-refractivity contribution in [2.45, 2.75) is 19.8 Å². The standard InChI is InChI=1S/C20H20F2N2O2/c1-13-4-2-3-5-16(13)20(26)24-10-8-14(9-11-24)19(25)23-15-6-7-17(21)18(22)12-15/h2-7,12,14H,8-11H2,1H3,(H,23,25). The summed E-state index contributed by atoms with van der Waals surface area (Å²) in [4.78, 5) is 26.7. The maximum absolute atomic E-state index is 13.2. The fourth-order valence-corrected chi connectivity index (χ4v) is 3.15. The Morgan fingerprint density at radius 2 is 1.73 bits per heavy atom. The fourth-order valence-electron chi connectivity index (χ4n) is 3.15. The van der Waals surface area contributed by atoms with Crippen molar-refractivity contribution >= 4 is 17.5 Å². The smallest absolute Gasteiger partial charge is 0.254 e. The van der Waals surface area contributed by atoms with Gasteiger partial charge < -0.3 is 10.2 Å². The second-order valence-corrected chi connectivity index (χ2v) is 6.50. The van der Waals surface area contributed by atoms with E-state index < -0.39 is 11.6 Å². The number of rotatable bonds is 3. The van der Waals surface area contributed by atoms with Crippen LogP contribution in [0, 0.1) is 24.5 Å². The van der Waals surface area contributed by atoms with Crippen molar-refractivity contribution in [3.8, 4) is 0 Å². The monoisotopic (exact) mass is 358 g/mol. The number of anilines is 1. The van der Waals surface area contributed by atoms with Gasteiger partial charge in [0.25, 0.3) is 5.91 Å². The average molecular weight is 358 g/mol. The largest absolute Gasteiger partial charge is 0.339 e. The van der Waals surface area contributed by atoms with Crippen molar-refractivity contribution < 1.29 is 18.4 Å². The number of carbonyl (C=O) groups is 2. The molecule has 6 heteroatoms. The Morgan fingerprint density at radius 3 is 2.38 bits per heavy atom. The molecule has 1 aliphatic heterocycles. The van der Waals surface area contributed by atoms with Crippen molar-refractivity contribution in [3.05, 3.63) is 65.2 Å². The highest BCUT2D eigenvalue weighted by molar-refractivity contribution is 5.96.